The summed E-state index contributed by atoms with van der Waals surface area (Å²) in [7, 11) is -2.97. The van der Waals surface area contributed by atoms with Crippen molar-refractivity contribution in [2.45, 2.75) is 145 Å². The smallest absolute Gasteiger partial charge is 0.147 e. The second-order valence-corrected chi connectivity index (χ2v) is 61.2. The number of allylic oxidation sites excluding steroid dienone is 2. The van der Waals surface area contributed by atoms with Gasteiger partial charge in [0.1, 0.15) is 0 Å². The van der Waals surface area contributed by atoms with E-state index in [4.69, 9.17) is 0 Å². The first-order chi connectivity index (χ1) is 28.8. The summed E-state index contributed by atoms with van der Waals surface area (Å²) in [6.45, 7) is 16.6. The monoisotopic (exact) mass is 1020 g/mol. The van der Waals surface area contributed by atoms with Gasteiger partial charge in [-0.25, -0.2) is 0 Å². The summed E-state index contributed by atoms with van der Waals surface area (Å²) in [5.74, 6) is 1.19. The Kier molecular flexibility index (Phi) is 15.7. The molecule has 8 rings (SSSR count). The van der Waals surface area contributed by atoms with Crippen molar-refractivity contribution in [1.29, 1.82) is 0 Å². The summed E-state index contributed by atoms with van der Waals surface area (Å²) >= 11 is -4.83. The van der Waals surface area contributed by atoms with Crippen LogP contribution in [0.4, 0.5) is 13.2 Å². The maximum atomic E-state index is 15.1. The van der Waals surface area contributed by atoms with Gasteiger partial charge in [0.2, 0.25) is 0 Å². The van der Waals surface area contributed by atoms with Gasteiger partial charge in [-0.05, 0) is 0 Å². The average Bonchev–Trinajstić information content (AvgIpc) is 3.79. The number of hydrogen-bond donors (Lipinski definition) is 0. The Morgan fingerprint density at radius 2 is 0.921 bits per heavy atom. The molecule has 0 spiro atoms. The molecule has 2 unspecified atom stereocenters. The number of alkyl halides is 3. The van der Waals surface area contributed by atoms with Crippen LogP contribution in [0.5, 0.6) is 0 Å². The SMILES string of the molecule is C[Si](C)(C)c1ccc(-c2cccc3c2C=C(CC2CCCCC2)[CH]3[Zr]([CH3])(=[SiH2])([CH2]CC(F)(F)F)[CH]2C(CC3CCCCC3)=Cc3c(-c4ccc([Si](C)(C)C)cc4)cccc32)cc1.Cl.Cl. The van der Waals surface area contributed by atoms with E-state index in [-0.39, 0.29) is 36.2 Å². The molecule has 4 aromatic carbocycles. The molecular formula is C54H73Cl2F3Si3Zr. The Morgan fingerprint density at radius 3 is 1.25 bits per heavy atom. The molecule has 0 nitrogen and oxygen atoms in total. The van der Waals surface area contributed by atoms with E-state index in [1.54, 1.807) is 0 Å². The van der Waals surface area contributed by atoms with E-state index < -0.39 is 46.1 Å². The summed E-state index contributed by atoms with van der Waals surface area (Å²) < 4.78 is 48.2. The van der Waals surface area contributed by atoms with Crippen LogP contribution in [0, 0.1) is 11.8 Å². The Bertz CT molecular complexity index is 2220. The fraction of sp³-hybridized carbons (Fsp3) is 0.481. The molecule has 340 valence electrons. The van der Waals surface area contributed by atoms with Gasteiger partial charge < -0.3 is 0 Å². The van der Waals surface area contributed by atoms with Crippen LogP contribution in [-0.4, -0.2) is 29.2 Å². The van der Waals surface area contributed by atoms with E-state index in [2.05, 4.69) is 148 Å². The Labute approximate surface area is 395 Å². The summed E-state index contributed by atoms with van der Waals surface area (Å²) in [6.07, 6.45) is 14.8. The zero-order chi connectivity index (χ0) is 43.4. The van der Waals surface area contributed by atoms with Crippen molar-refractivity contribution in [2.75, 3.05) is 0 Å². The number of fused-ring (bicyclic) bond motifs is 2. The normalized spacial score (nSPS) is 20.0. The minimum atomic E-state index is -4.83. The van der Waals surface area contributed by atoms with Gasteiger partial charge in [-0.2, -0.15) is 0 Å². The predicted molar refractivity (Wildman–Crippen MR) is 278 cm³/mol. The largest absolute Gasteiger partial charge is 0.147 e. The zero-order valence-electron chi connectivity index (χ0n) is 39.1. The Morgan fingerprint density at radius 1 is 0.556 bits per heavy atom. The topological polar surface area (TPSA) is 0 Å². The summed E-state index contributed by atoms with van der Waals surface area (Å²) in [4.78, 5) is 0. The van der Waals surface area contributed by atoms with Crippen molar-refractivity contribution in [3.8, 4) is 22.3 Å². The minimum Gasteiger partial charge on any atom is -0.147 e. The van der Waals surface area contributed by atoms with Crippen molar-refractivity contribution in [1.82, 2.24) is 0 Å². The second kappa shape index (κ2) is 19.5. The minimum absolute atomic E-state index is 0. The second-order valence-electron chi connectivity index (χ2n) is 22.6. The van der Waals surface area contributed by atoms with Gasteiger partial charge in [0.15, 0.2) is 0 Å². The van der Waals surface area contributed by atoms with Gasteiger partial charge in [0, 0.05) is 0 Å². The zero-order valence-corrected chi connectivity index (χ0v) is 46.6. The van der Waals surface area contributed by atoms with Crippen molar-refractivity contribution in [3.63, 3.8) is 0 Å². The van der Waals surface area contributed by atoms with Crippen LogP contribution in [0.2, 0.25) is 48.0 Å². The van der Waals surface area contributed by atoms with E-state index >= 15 is 13.2 Å². The molecule has 0 saturated heterocycles. The number of rotatable bonds is 12. The van der Waals surface area contributed by atoms with E-state index in [9.17, 15) is 0 Å². The number of halogens is 5. The molecule has 2 saturated carbocycles. The molecule has 0 aromatic heterocycles. The Hall–Kier alpha value is -1.74. The number of benzene rings is 4. The van der Waals surface area contributed by atoms with E-state index in [0.717, 1.165) is 12.8 Å². The molecule has 0 radical (unpaired) electrons. The van der Waals surface area contributed by atoms with E-state index in [1.807, 2.05) is 0 Å². The molecule has 0 heterocycles. The molecule has 2 atom stereocenters. The summed E-state index contributed by atoms with van der Waals surface area (Å²) in [5, 5.41) is 2.90. The standard InChI is InChI=1S/2C25H31Si.C3H4F3.CH3.2ClH.H2Si.Zr/c2*1-26(2,3)23-14-12-21(13-15-23)24-11-7-10-22-17-20(18-25(22)24)16-19-8-5-4-6-9-19;1-2-3(4,5)6;;;;;/h2*7,10-15,17-19H,4-6,8-9,16H2,1-3H3;1-2H2;1H3;2*1H;1H2;. The van der Waals surface area contributed by atoms with E-state index in [0.29, 0.717) is 11.8 Å². The summed E-state index contributed by atoms with van der Waals surface area (Å²) in [6, 6.07) is 32.3. The molecule has 63 heavy (non-hydrogen) atoms. The van der Waals surface area contributed by atoms with Crippen LogP contribution in [0.15, 0.2) is 96.1 Å². The third kappa shape index (κ3) is 10.7. The Balaban J connectivity index is 0.00000330. The molecule has 2 fully saturated rings. The van der Waals surface area contributed by atoms with Gasteiger partial charge in [-0.1, -0.05) is 0 Å². The van der Waals surface area contributed by atoms with Gasteiger partial charge >= 0.3 is 373 Å². The molecule has 4 aliphatic carbocycles. The fourth-order valence-corrected chi connectivity index (χ4v) is 38.6. The first-order valence-corrected chi connectivity index (χ1v) is 43.8. The van der Waals surface area contributed by atoms with Crippen LogP contribution in [0.3, 0.4) is 0 Å². The molecule has 4 aromatic rings. The quantitative estimate of drug-likeness (QED) is 0.124. The molecule has 4 aliphatic rings. The average molecular weight is 1030 g/mol. The van der Waals surface area contributed by atoms with Crippen molar-refractivity contribution in [2.24, 2.45) is 11.8 Å². The molecule has 9 heteroatoms. The molecule has 0 bridgehead atoms. The maximum Gasteiger partial charge on any atom is -0.147 e. The van der Waals surface area contributed by atoms with Gasteiger partial charge in [0.05, 0.1) is 0 Å². The van der Waals surface area contributed by atoms with E-state index in [1.165, 1.54) is 130 Å². The third-order valence-corrected chi connectivity index (χ3v) is 42.8. The van der Waals surface area contributed by atoms with Crippen LogP contribution >= 0.6 is 24.8 Å². The molecule has 0 N–H and O–H groups in total. The molecule has 0 aliphatic heterocycles. The third-order valence-electron chi connectivity index (χ3n) is 15.8. The van der Waals surface area contributed by atoms with Crippen LogP contribution in [0.25, 0.3) is 34.4 Å². The predicted octanol–water partition coefficient (Wildman–Crippen LogP) is 16.1. The first kappa shape index (κ1) is 50.7. The maximum absolute atomic E-state index is 15.1. The van der Waals surface area contributed by atoms with Crippen LogP contribution in [0.1, 0.15) is 113 Å². The number of hydrogen-bond acceptors (Lipinski definition) is 0. The fourth-order valence-electron chi connectivity index (χ4n) is 12.5. The van der Waals surface area contributed by atoms with Crippen LogP contribution in [-0.2, 0) is 17.4 Å². The van der Waals surface area contributed by atoms with Gasteiger partial charge in [-0.15, -0.1) is 24.8 Å². The van der Waals surface area contributed by atoms with Gasteiger partial charge in [-0.3, -0.25) is 0 Å². The van der Waals surface area contributed by atoms with Gasteiger partial charge in [0.25, 0.3) is 0 Å². The van der Waals surface area contributed by atoms with Crippen molar-refractivity contribution < 1.29 is 30.6 Å². The first-order valence-electron chi connectivity index (χ1n) is 23.8. The van der Waals surface area contributed by atoms with Crippen LogP contribution < -0.4 is 10.4 Å². The molecular weight excluding hydrogens is 952 g/mol. The van der Waals surface area contributed by atoms with Crippen molar-refractivity contribution >= 4 is 70.4 Å². The molecule has 0 amide bonds. The van der Waals surface area contributed by atoms with Crippen molar-refractivity contribution in [3.05, 3.63) is 118 Å². The summed E-state index contributed by atoms with van der Waals surface area (Å²) in [5.41, 5.74) is 13.1.